The van der Waals surface area contributed by atoms with Gasteiger partial charge in [-0.2, -0.15) is 0 Å². The second-order valence-corrected chi connectivity index (χ2v) is 12.0. The van der Waals surface area contributed by atoms with Crippen LogP contribution in [-0.2, 0) is 26.2 Å². The summed E-state index contributed by atoms with van der Waals surface area (Å²) < 4.78 is 42.3. The van der Waals surface area contributed by atoms with Gasteiger partial charge < -0.3 is 10.2 Å². The summed E-state index contributed by atoms with van der Waals surface area (Å²) in [6, 6.07) is 14.8. The highest BCUT2D eigenvalue weighted by atomic mass is 35.5. The van der Waals surface area contributed by atoms with Gasteiger partial charge in [0.2, 0.25) is 11.8 Å². The Morgan fingerprint density at radius 3 is 2.23 bits per heavy atom. The molecule has 0 saturated carbocycles. The second kappa shape index (κ2) is 14.2. The summed E-state index contributed by atoms with van der Waals surface area (Å²) in [6.07, 6.45) is 0.952. The van der Waals surface area contributed by atoms with Crippen LogP contribution in [-0.4, -0.2) is 44.3 Å². The molecular formula is C28H29Cl3FN3O4S. The Bertz CT molecular complexity index is 1460. The summed E-state index contributed by atoms with van der Waals surface area (Å²) in [6.45, 7) is 3.34. The second-order valence-electron chi connectivity index (χ2n) is 8.91. The molecule has 7 nitrogen and oxygen atoms in total. The van der Waals surface area contributed by atoms with Crippen molar-refractivity contribution in [1.82, 2.24) is 10.2 Å². The first-order chi connectivity index (χ1) is 19.0. The number of nitrogens with one attached hydrogen (secondary N) is 1. The molecule has 0 radical (unpaired) electrons. The number of hydrogen-bond donors (Lipinski definition) is 1. The van der Waals surface area contributed by atoms with Gasteiger partial charge >= 0.3 is 0 Å². The molecule has 0 fully saturated rings. The van der Waals surface area contributed by atoms with Gasteiger partial charge in [-0.3, -0.25) is 13.9 Å². The van der Waals surface area contributed by atoms with Crippen LogP contribution in [0.4, 0.5) is 10.1 Å². The number of nitrogens with zero attached hydrogens (tertiary/aromatic N) is 2. The molecule has 214 valence electrons. The number of hydrogen-bond acceptors (Lipinski definition) is 4. The van der Waals surface area contributed by atoms with E-state index in [1.807, 2.05) is 6.92 Å². The maximum atomic E-state index is 14.0. The third kappa shape index (κ3) is 7.66. The summed E-state index contributed by atoms with van der Waals surface area (Å²) in [7, 11) is -4.30. The van der Waals surface area contributed by atoms with Crippen LogP contribution in [0.15, 0.2) is 71.6 Å². The van der Waals surface area contributed by atoms with Gasteiger partial charge in [0.25, 0.3) is 10.0 Å². The molecule has 1 atom stereocenters. The van der Waals surface area contributed by atoms with Crippen molar-refractivity contribution < 1.29 is 22.4 Å². The Morgan fingerprint density at radius 1 is 0.925 bits per heavy atom. The molecule has 0 bridgehead atoms. The summed E-state index contributed by atoms with van der Waals surface area (Å²) in [4.78, 5) is 28.3. The highest BCUT2D eigenvalue weighted by Crippen LogP contribution is 2.29. The van der Waals surface area contributed by atoms with Crippen molar-refractivity contribution in [3.05, 3.63) is 93.2 Å². The Balaban J connectivity index is 2.08. The van der Waals surface area contributed by atoms with Crippen molar-refractivity contribution in [2.45, 2.75) is 44.2 Å². The number of carbonyl (C=O) groups excluding carboxylic acids is 2. The maximum absolute atomic E-state index is 14.0. The van der Waals surface area contributed by atoms with Gasteiger partial charge in [0, 0.05) is 13.1 Å². The monoisotopic (exact) mass is 627 g/mol. The number of anilines is 1. The standard InChI is InChI=1S/C28H29Cl3FN3O4S/c1-3-14-33-28(37)26(4-2)34(17-19-10-12-22(29)23(30)15-19)27(36)18-35(20-11-13-25(32)24(31)16-20)40(38,39)21-8-6-5-7-9-21/h5-13,15-16,26H,3-4,14,17-18H2,1-2H3,(H,33,37)/t26-/m1/s1. The van der Waals surface area contributed by atoms with E-state index in [-0.39, 0.29) is 39.5 Å². The smallest absolute Gasteiger partial charge is 0.264 e. The molecule has 0 aliphatic heterocycles. The Kier molecular flexibility index (Phi) is 11.2. The van der Waals surface area contributed by atoms with E-state index in [0.717, 1.165) is 16.4 Å². The minimum atomic E-state index is -4.30. The predicted octanol–water partition coefficient (Wildman–Crippen LogP) is 6.31. The fourth-order valence-corrected chi connectivity index (χ4v) is 5.93. The SMILES string of the molecule is CCCNC(=O)[C@@H](CC)N(Cc1ccc(Cl)c(Cl)c1)C(=O)CN(c1ccc(F)c(Cl)c1)S(=O)(=O)c1ccccc1. The van der Waals surface area contributed by atoms with Gasteiger partial charge in [0.05, 0.1) is 25.7 Å². The van der Waals surface area contributed by atoms with Crippen LogP contribution in [0.3, 0.4) is 0 Å². The van der Waals surface area contributed by atoms with Crippen LogP contribution in [0, 0.1) is 5.82 Å². The fourth-order valence-electron chi connectivity index (χ4n) is 4.01. The number of carbonyl (C=O) groups is 2. The van der Waals surface area contributed by atoms with Crippen molar-refractivity contribution in [3.63, 3.8) is 0 Å². The molecule has 3 rings (SSSR count). The van der Waals surface area contributed by atoms with Gasteiger partial charge in [-0.1, -0.05) is 72.9 Å². The van der Waals surface area contributed by atoms with Crippen molar-refractivity contribution in [3.8, 4) is 0 Å². The van der Waals surface area contributed by atoms with Crippen LogP contribution >= 0.6 is 34.8 Å². The average molecular weight is 629 g/mol. The Hall–Kier alpha value is -2.85. The topological polar surface area (TPSA) is 86.8 Å². The molecule has 0 aliphatic rings. The maximum Gasteiger partial charge on any atom is 0.264 e. The first-order valence-corrected chi connectivity index (χ1v) is 15.1. The Morgan fingerprint density at radius 2 is 1.62 bits per heavy atom. The summed E-state index contributed by atoms with van der Waals surface area (Å²) in [5.74, 6) is -1.78. The van der Waals surface area contributed by atoms with E-state index in [0.29, 0.717) is 23.6 Å². The molecule has 0 heterocycles. The number of benzene rings is 3. The van der Waals surface area contributed by atoms with E-state index in [1.165, 1.54) is 23.1 Å². The molecular weight excluding hydrogens is 600 g/mol. The zero-order valence-corrected chi connectivity index (χ0v) is 25.0. The average Bonchev–Trinajstić information content (AvgIpc) is 2.94. The number of amides is 2. The lowest BCUT2D eigenvalue weighted by molar-refractivity contribution is -0.140. The molecule has 0 unspecified atom stereocenters. The van der Waals surface area contributed by atoms with Crippen LogP contribution in [0.5, 0.6) is 0 Å². The molecule has 0 aromatic heterocycles. The summed E-state index contributed by atoms with van der Waals surface area (Å²) >= 11 is 18.2. The van der Waals surface area contributed by atoms with E-state index in [9.17, 15) is 22.4 Å². The lowest BCUT2D eigenvalue weighted by Crippen LogP contribution is -2.52. The zero-order valence-electron chi connectivity index (χ0n) is 21.9. The first kappa shape index (κ1) is 31.7. The minimum absolute atomic E-state index is 0.0124. The number of rotatable bonds is 12. The van der Waals surface area contributed by atoms with Gasteiger partial charge in [-0.25, -0.2) is 12.8 Å². The van der Waals surface area contributed by atoms with Crippen LogP contribution in [0.1, 0.15) is 32.3 Å². The molecule has 0 saturated heterocycles. The minimum Gasteiger partial charge on any atom is -0.354 e. The lowest BCUT2D eigenvalue weighted by atomic mass is 10.1. The molecule has 0 aliphatic carbocycles. The molecule has 40 heavy (non-hydrogen) atoms. The number of halogens is 4. The first-order valence-electron chi connectivity index (χ1n) is 12.5. The van der Waals surface area contributed by atoms with E-state index in [4.69, 9.17) is 34.8 Å². The van der Waals surface area contributed by atoms with Gasteiger partial charge in [-0.05, 0) is 60.9 Å². The molecule has 3 aromatic carbocycles. The Labute approximate surface area is 248 Å². The molecule has 1 N–H and O–H groups in total. The predicted molar refractivity (Wildman–Crippen MR) is 157 cm³/mol. The normalized spacial score (nSPS) is 12.1. The van der Waals surface area contributed by atoms with E-state index in [2.05, 4.69) is 5.32 Å². The largest absolute Gasteiger partial charge is 0.354 e. The van der Waals surface area contributed by atoms with Crippen LogP contribution in [0.25, 0.3) is 0 Å². The van der Waals surface area contributed by atoms with Crippen molar-refractivity contribution in [2.75, 3.05) is 17.4 Å². The quantitative estimate of drug-likeness (QED) is 0.255. The fraction of sp³-hybridized carbons (Fsp3) is 0.286. The van der Waals surface area contributed by atoms with Crippen molar-refractivity contribution >= 4 is 62.3 Å². The van der Waals surface area contributed by atoms with E-state index < -0.39 is 34.3 Å². The van der Waals surface area contributed by atoms with Crippen molar-refractivity contribution in [1.29, 1.82) is 0 Å². The van der Waals surface area contributed by atoms with Gasteiger partial charge in [-0.15, -0.1) is 0 Å². The van der Waals surface area contributed by atoms with Gasteiger partial charge in [0.15, 0.2) is 0 Å². The third-order valence-corrected chi connectivity index (χ3v) is 8.89. The molecule has 0 spiro atoms. The van der Waals surface area contributed by atoms with E-state index in [1.54, 1.807) is 43.3 Å². The van der Waals surface area contributed by atoms with Crippen LogP contribution < -0.4 is 9.62 Å². The molecule has 2 amide bonds. The van der Waals surface area contributed by atoms with E-state index >= 15 is 0 Å². The summed E-state index contributed by atoms with van der Waals surface area (Å²) in [5, 5.41) is 3.09. The molecule has 12 heteroatoms. The van der Waals surface area contributed by atoms with Crippen molar-refractivity contribution in [2.24, 2.45) is 0 Å². The highest BCUT2D eigenvalue weighted by molar-refractivity contribution is 7.92. The third-order valence-electron chi connectivity index (χ3n) is 6.07. The highest BCUT2D eigenvalue weighted by Gasteiger charge is 2.34. The molecule has 3 aromatic rings. The summed E-state index contributed by atoms with van der Waals surface area (Å²) in [5.41, 5.74) is 0.577. The number of sulfonamides is 1. The zero-order chi connectivity index (χ0) is 29.4. The van der Waals surface area contributed by atoms with Crippen LogP contribution in [0.2, 0.25) is 15.1 Å². The van der Waals surface area contributed by atoms with Gasteiger partial charge in [0.1, 0.15) is 18.4 Å². The lowest BCUT2D eigenvalue weighted by Gasteiger charge is -2.33.